The number of urea groups is 1. The Kier molecular flexibility index (Phi) is 4.74. The smallest absolute Gasteiger partial charge is 0.335 e. The lowest BCUT2D eigenvalue weighted by Gasteiger charge is -2.19. The van der Waals surface area contributed by atoms with Crippen molar-refractivity contribution in [2.45, 2.75) is 26.7 Å². The third kappa shape index (κ3) is 3.93. The Bertz CT molecular complexity index is 315. The van der Waals surface area contributed by atoms with E-state index in [1.54, 1.807) is 13.8 Å². The average Bonchev–Trinajstić information content (AvgIpc) is 3.09. The van der Waals surface area contributed by atoms with Crippen LogP contribution in [0.3, 0.4) is 0 Å². The van der Waals surface area contributed by atoms with E-state index >= 15 is 0 Å². The predicted molar refractivity (Wildman–Crippen MR) is 58.8 cm³/mol. The van der Waals surface area contributed by atoms with Gasteiger partial charge >= 0.3 is 12.1 Å². The molecule has 7 nitrogen and oxygen atoms in total. The van der Waals surface area contributed by atoms with Crippen LogP contribution in [-0.4, -0.2) is 36.2 Å². The summed E-state index contributed by atoms with van der Waals surface area (Å²) in [6, 6.07) is -0.712. The van der Waals surface area contributed by atoms with Crippen LogP contribution in [0.5, 0.6) is 0 Å². The molecule has 0 aliphatic heterocycles. The molecule has 0 spiro atoms. The van der Waals surface area contributed by atoms with Crippen molar-refractivity contribution >= 4 is 18.0 Å². The molecule has 0 saturated heterocycles. The van der Waals surface area contributed by atoms with Gasteiger partial charge in [-0.05, 0) is 26.7 Å². The topological polar surface area (TPSA) is 87.7 Å². The molecule has 0 aromatic rings. The number of nitrogens with one attached hydrogen (secondary N) is 2. The molecule has 0 radical (unpaired) electrons. The first-order chi connectivity index (χ1) is 8.10. The number of imide groups is 1. The van der Waals surface area contributed by atoms with Crippen LogP contribution in [0.2, 0.25) is 0 Å². The fraction of sp³-hybridized carbons (Fsp3) is 0.700. The number of hydrogen-bond acceptors (Lipinski definition) is 4. The van der Waals surface area contributed by atoms with E-state index in [2.05, 4.69) is 10.6 Å². The summed E-state index contributed by atoms with van der Waals surface area (Å²) < 4.78 is 0. The van der Waals surface area contributed by atoms with Gasteiger partial charge in [0, 0.05) is 19.0 Å². The van der Waals surface area contributed by atoms with Crippen LogP contribution >= 0.6 is 0 Å². The fourth-order valence-corrected chi connectivity index (χ4v) is 1.17. The molecular formula is C10H17N3O4. The van der Waals surface area contributed by atoms with Crippen LogP contribution in [0.4, 0.5) is 9.59 Å². The molecule has 0 atom stereocenters. The van der Waals surface area contributed by atoms with Gasteiger partial charge in [0.1, 0.15) is 0 Å². The second-order valence-electron chi connectivity index (χ2n) is 3.65. The van der Waals surface area contributed by atoms with Gasteiger partial charge in [-0.1, -0.05) is 5.06 Å². The summed E-state index contributed by atoms with van der Waals surface area (Å²) >= 11 is 0. The normalized spacial score (nSPS) is 13.8. The van der Waals surface area contributed by atoms with E-state index in [1.807, 2.05) is 0 Å². The van der Waals surface area contributed by atoms with Gasteiger partial charge in [-0.25, -0.2) is 9.59 Å². The Morgan fingerprint density at radius 3 is 2.24 bits per heavy atom. The first-order valence-electron chi connectivity index (χ1n) is 5.67. The van der Waals surface area contributed by atoms with Gasteiger partial charge < -0.3 is 15.5 Å². The third-order valence-corrected chi connectivity index (χ3v) is 2.13. The van der Waals surface area contributed by atoms with Gasteiger partial charge in [-0.15, -0.1) is 0 Å². The zero-order chi connectivity index (χ0) is 12.8. The Hall–Kier alpha value is -1.79. The quantitative estimate of drug-likeness (QED) is 0.711. The summed E-state index contributed by atoms with van der Waals surface area (Å²) in [6.07, 6.45) is 0.647. The van der Waals surface area contributed by atoms with Crippen LogP contribution in [0.25, 0.3) is 0 Å². The van der Waals surface area contributed by atoms with Gasteiger partial charge in [-0.2, -0.15) is 0 Å². The summed E-state index contributed by atoms with van der Waals surface area (Å²) in [5.74, 6) is -0.672. The lowest BCUT2D eigenvalue weighted by molar-refractivity contribution is -0.154. The Balaban J connectivity index is 2.60. The van der Waals surface area contributed by atoms with Crippen molar-refractivity contribution in [1.82, 2.24) is 15.7 Å². The maximum absolute atomic E-state index is 11.7. The molecule has 17 heavy (non-hydrogen) atoms. The van der Waals surface area contributed by atoms with Crippen molar-refractivity contribution < 1.29 is 19.2 Å². The number of amides is 4. The van der Waals surface area contributed by atoms with Gasteiger partial charge in [0.05, 0.1) is 0 Å². The third-order valence-electron chi connectivity index (χ3n) is 2.13. The molecular weight excluding hydrogens is 226 g/mol. The molecule has 96 valence electrons. The summed E-state index contributed by atoms with van der Waals surface area (Å²) in [5.41, 5.74) is 0. The molecule has 1 saturated carbocycles. The van der Waals surface area contributed by atoms with Gasteiger partial charge in [0.2, 0.25) is 0 Å². The molecule has 0 heterocycles. The van der Waals surface area contributed by atoms with Gasteiger partial charge in [0.25, 0.3) is 5.91 Å². The number of nitrogens with zero attached hydrogens (tertiary/aromatic N) is 1. The van der Waals surface area contributed by atoms with E-state index < -0.39 is 18.0 Å². The minimum Gasteiger partial charge on any atom is -0.335 e. The second-order valence-corrected chi connectivity index (χ2v) is 3.65. The van der Waals surface area contributed by atoms with E-state index in [-0.39, 0.29) is 5.92 Å². The maximum atomic E-state index is 11.7. The highest BCUT2D eigenvalue weighted by molar-refractivity contribution is 5.96. The first-order valence-corrected chi connectivity index (χ1v) is 5.67. The first kappa shape index (κ1) is 13.3. The van der Waals surface area contributed by atoms with E-state index in [0.29, 0.717) is 18.2 Å². The van der Waals surface area contributed by atoms with Crippen molar-refractivity contribution in [2.24, 2.45) is 5.92 Å². The summed E-state index contributed by atoms with van der Waals surface area (Å²) in [5, 5.41) is 5.28. The number of rotatable bonds is 3. The number of carbonyl (C=O) groups excluding carboxylic acids is 3. The summed E-state index contributed by atoms with van der Waals surface area (Å²) in [7, 11) is 0. The second kappa shape index (κ2) is 6.07. The highest BCUT2D eigenvalue weighted by atomic mass is 16.7. The number of hydrogen-bond donors (Lipinski definition) is 2. The van der Waals surface area contributed by atoms with Crippen LogP contribution in [0, 0.1) is 5.92 Å². The number of hydroxylamine groups is 2. The average molecular weight is 243 g/mol. The van der Waals surface area contributed by atoms with E-state index in [4.69, 9.17) is 4.84 Å². The van der Waals surface area contributed by atoms with Crippen molar-refractivity contribution in [3.63, 3.8) is 0 Å². The minimum absolute atomic E-state index is 0.202. The fourth-order valence-electron chi connectivity index (χ4n) is 1.17. The zero-order valence-corrected chi connectivity index (χ0v) is 9.99. The standard InChI is InChI=1S/C10H17N3O4/c1-3-11-9(15)13(8(14)7-5-6-7)17-10(16)12-4-2/h7H,3-6H2,1-2H3,(H,11,15)(H,12,16). The highest BCUT2D eigenvalue weighted by Gasteiger charge is 2.38. The monoisotopic (exact) mass is 243 g/mol. The molecule has 1 rings (SSSR count). The minimum atomic E-state index is -0.812. The lowest BCUT2D eigenvalue weighted by atomic mass is 10.4. The SMILES string of the molecule is CCNC(=O)ON(C(=O)NCC)C(=O)C1CC1. The van der Waals surface area contributed by atoms with Crippen LogP contribution in [-0.2, 0) is 9.63 Å². The molecule has 1 aliphatic rings. The van der Waals surface area contributed by atoms with Gasteiger partial charge in [0.15, 0.2) is 0 Å². The largest absolute Gasteiger partial charge is 0.432 e. The van der Waals surface area contributed by atoms with Gasteiger partial charge in [-0.3, -0.25) is 4.79 Å². The Morgan fingerprint density at radius 2 is 1.76 bits per heavy atom. The van der Waals surface area contributed by atoms with E-state index in [1.165, 1.54) is 0 Å². The molecule has 0 bridgehead atoms. The molecule has 0 aromatic heterocycles. The van der Waals surface area contributed by atoms with Crippen molar-refractivity contribution in [2.75, 3.05) is 13.1 Å². The van der Waals surface area contributed by atoms with E-state index in [9.17, 15) is 14.4 Å². The zero-order valence-electron chi connectivity index (χ0n) is 9.99. The lowest BCUT2D eigenvalue weighted by Crippen LogP contribution is -2.47. The molecule has 0 unspecified atom stereocenters. The molecule has 2 N–H and O–H groups in total. The number of carbonyl (C=O) groups is 3. The van der Waals surface area contributed by atoms with Crippen molar-refractivity contribution in [1.29, 1.82) is 0 Å². The maximum Gasteiger partial charge on any atom is 0.432 e. The van der Waals surface area contributed by atoms with Crippen molar-refractivity contribution in [3.8, 4) is 0 Å². The van der Waals surface area contributed by atoms with Crippen molar-refractivity contribution in [3.05, 3.63) is 0 Å². The van der Waals surface area contributed by atoms with Crippen LogP contribution in [0.1, 0.15) is 26.7 Å². The van der Waals surface area contributed by atoms with Crippen LogP contribution < -0.4 is 10.6 Å². The summed E-state index contributed by atoms with van der Waals surface area (Å²) in [6.45, 7) is 4.13. The molecule has 4 amide bonds. The summed E-state index contributed by atoms with van der Waals surface area (Å²) in [4.78, 5) is 39.2. The Labute approximate surface area is 99.4 Å². The Morgan fingerprint density at radius 1 is 1.18 bits per heavy atom. The predicted octanol–water partition coefficient (Wildman–Crippen LogP) is 0.616. The molecule has 1 aliphatic carbocycles. The van der Waals surface area contributed by atoms with Crippen LogP contribution in [0.15, 0.2) is 0 Å². The van der Waals surface area contributed by atoms with E-state index in [0.717, 1.165) is 12.8 Å². The molecule has 7 heteroatoms. The highest BCUT2D eigenvalue weighted by Crippen LogP contribution is 2.31. The molecule has 1 fully saturated rings. The molecule has 0 aromatic carbocycles.